The molecule has 0 spiro atoms. The first-order valence-corrected chi connectivity index (χ1v) is 10.4. The number of carbonyl (C=O) groups is 1. The number of amides is 1. The molecule has 1 fully saturated rings. The Morgan fingerprint density at radius 1 is 0.938 bits per heavy atom. The topological polar surface area (TPSA) is 96.1 Å². The number of hydrogen-bond donors (Lipinski definition) is 1. The monoisotopic (exact) mass is 454 g/mol. The van der Waals surface area contributed by atoms with Crippen LogP contribution in [-0.4, -0.2) is 41.5 Å². The molecule has 0 atom stereocenters. The number of nitrogens with one attached hydrogen (secondary N) is 1. The number of aliphatic imine (C=N–C) groups is 1. The van der Waals surface area contributed by atoms with E-state index in [1.807, 2.05) is 24.3 Å². The predicted octanol–water partition coefficient (Wildman–Crippen LogP) is 3.43. The minimum absolute atomic E-state index is 0.0958. The van der Waals surface area contributed by atoms with Gasteiger partial charge in [-0.15, -0.1) is 0 Å². The fourth-order valence-corrected chi connectivity index (χ4v) is 4.27. The molecule has 0 radical (unpaired) electrons. The van der Waals surface area contributed by atoms with Gasteiger partial charge < -0.3 is 19.5 Å². The van der Waals surface area contributed by atoms with Gasteiger partial charge in [-0.05, 0) is 35.5 Å². The standard InChI is InChI=1S/C22H22N4O5S/c1-25-14-7-6-12(8-15(14)26(2)22(25)28)9-18-20(24-21(27)32-18)23-13-10-16(29-3)19(31-5)17(11-13)30-4/h6-11H,1-5H3,(H,23,24,27). The third-order valence-corrected chi connectivity index (χ3v) is 5.96. The summed E-state index contributed by atoms with van der Waals surface area (Å²) in [5, 5.41) is 2.55. The molecule has 166 valence electrons. The van der Waals surface area contributed by atoms with E-state index in [-0.39, 0.29) is 10.9 Å². The van der Waals surface area contributed by atoms with Gasteiger partial charge in [0.15, 0.2) is 11.5 Å². The number of amidine groups is 1. The summed E-state index contributed by atoms with van der Waals surface area (Å²) in [5.41, 5.74) is 2.91. The minimum atomic E-state index is -0.226. The number of thioether (sulfide) groups is 1. The zero-order chi connectivity index (χ0) is 23.0. The van der Waals surface area contributed by atoms with Crippen LogP contribution in [0, 0.1) is 0 Å². The molecule has 1 aromatic heterocycles. The van der Waals surface area contributed by atoms with Crippen molar-refractivity contribution in [2.75, 3.05) is 21.3 Å². The molecule has 1 aliphatic heterocycles. The van der Waals surface area contributed by atoms with Crippen molar-refractivity contribution in [3.63, 3.8) is 0 Å². The van der Waals surface area contributed by atoms with Gasteiger partial charge in [0.25, 0.3) is 5.24 Å². The van der Waals surface area contributed by atoms with Crippen LogP contribution in [0.3, 0.4) is 0 Å². The molecule has 2 heterocycles. The highest BCUT2D eigenvalue weighted by atomic mass is 32.2. The van der Waals surface area contributed by atoms with Crippen molar-refractivity contribution >= 4 is 45.6 Å². The van der Waals surface area contributed by atoms with Crippen molar-refractivity contribution in [1.82, 2.24) is 14.5 Å². The number of methoxy groups -OCH3 is 3. The van der Waals surface area contributed by atoms with Gasteiger partial charge in [-0.3, -0.25) is 13.9 Å². The second-order valence-electron chi connectivity index (χ2n) is 7.02. The van der Waals surface area contributed by atoms with Crippen LogP contribution < -0.4 is 25.2 Å². The third kappa shape index (κ3) is 3.73. The third-order valence-electron chi connectivity index (χ3n) is 5.14. The van der Waals surface area contributed by atoms with Crippen molar-refractivity contribution in [3.05, 3.63) is 51.3 Å². The number of aromatic nitrogens is 2. The number of aryl methyl sites for hydroxylation is 2. The summed E-state index contributed by atoms with van der Waals surface area (Å²) in [7, 11) is 8.05. The van der Waals surface area contributed by atoms with E-state index in [0.717, 1.165) is 28.4 Å². The fraction of sp³-hybridized carbons (Fsp3) is 0.227. The molecule has 1 saturated heterocycles. The Hall–Kier alpha value is -3.66. The number of rotatable bonds is 5. The van der Waals surface area contributed by atoms with Gasteiger partial charge in [0.2, 0.25) is 5.75 Å². The highest BCUT2D eigenvalue weighted by molar-refractivity contribution is 8.18. The summed E-state index contributed by atoms with van der Waals surface area (Å²) in [4.78, 5) is 29.6. The highest BCUT2D eigenvalue weighted by Crippen LogP contribution is 2.41. The van der Waals surface area contributed by atoms with E-state index in [1.165, 1.54) is 21.3 Å². The second-order valence-corrected chi connectivity index (χ2v) is 8.03. The predicted molar refractivity (Wildman–Crippen MR) is 125 cm³/mol. The Morgan fingerprint density at radius 3 is 2.22 bits per heavy atom. The zero-order valence-electron chi connectivity index (χ0n) is 18.3. The van der Waals surface area contributed by atoms with Crippen LogP contribution in [0.1, 0.15) is 5.56 Å². The van der Waals surface area contributed by atoms with Crippen LogP contribution in [0.5, 0.6) is 17.2 Å². The lowest BCUT2D eigenvalue weighted by atomic mass is 10.2. The molecule has 4 rings (SSSR count). The molecule has 0 bridgehead atoms. The van der Waals surface area contributed by atoms with E-state index >= 15 is 0 Å². The lowest BCUT2D eigenvalue weighted by Crippen LogP contribution is -2.19. The lowest BCUT2D eigenvalue weighted by molar-refractivity contribution is 0.265. The fourth-order valence-electron chi connectivity index (χ4n) is 3.54. The summed E-state index contributed by atoms with van der Waals surface area (Å²) < 4.78 is 19.3. The van der Waals surface area contributed by atoms with Gasteiger partial charge in [-0.2, -0.15) is 0 Å². The van der Waals surface area contributed by atoms with E-state index in [0.29, 0.717) is 33.7 Å². The molecule has 32 heavy (non-hydrogen) atoms. The van der Waals surface area contributed by atoms with E-state index in [1.54, 1.807) is 35.4 Å². The zero-order valence-corrected chi connectivity index (χ0v) is 19.1. The van der Waals surface area contributed by atoms with Gasteiger partial charge in [0, 0.05) is 26.2 Å². The number of carbonyl (C=O) groups excluding carboxylic acids is 1. The number of imidazole rings is 1. The molecule has 0 saturated carbocycles. The van der Waals surface area contributed by atoms with Crippen molar-refractivity contribution in [3.8, 4) is 17.2 Å². The van der Waals surface area contributed by atoms with Crippen molar-refractivity contribution in [1.29, 1.82) is 0 Å². The molecular weight excluding hydrogens is 432 g/mol. The summed E-state index contributed by atoms with van der Waals surface area (Å²) in [5.74, 6) is 1.80. The van der Waals surface area contributed by atoms with Gasteiger partial charge in [0.05, 0.1) is 43.0 Å². The quantitative estimate of drug-likeness (QED) is 0.635. The van der Waals surface area contributed by atoms with Crippen LogP contribution in [0.15, 0.2) is 45.0 Å². The molecule has 1 N–H and O–H groups in total. The van der Waals surface area contributed by atoms with Gasteiger partial charge in [-0.25, -0.2) is 9.79 Å². The Labute approximate surface area is 188 Å². The number of ether oxygens (including phenoxy) is 3. The molecular formula is C22H22N4O5S. The Morgan fingerprint density at radius 2 is 1.59 bits per heavy atom. The molecule has 0 aliphatic carbocycles. The number of benzene rings is 2. The van der Waals surface area contributed by atoms with Crippen molar-refractivity contribution in [2.24, 2.45) is 19.1 Å². The first-order chi connectivity index (χ1) is 15.4. The SMILES string of the molecule is COc1cc(N=C2NC(=O)SC2=Cc2ccc3c(c2)n(C)c(=O)n3C)cc(OC)c1OC. The van der Waals surface area contributed by atoms with Gasteiger partial charge >= 0.3 is 5.69 Å². The summed E-state index contributed by atoms with van der Waals surface area (Å²) in [6.07, 6.45) is 1.86. The summed E-state index contributed by atoms with van der Waals surface area (Å²) in [6.45, 7) is 0. The molecule has 1 amide bonds. The summed E-state index contributed by atoms with van der Waals surface area (Å²) >= 11 is 1.05. The Balaban J connectivity index is 1.77. The Kier molecular flexibility index (Phi) is 5.70. The van der Waals surface area contributed by atoms with E-state index < -0.39 is 0 Å². The van der Waals surface area contributed by atoms with Crippen molar-refractivity contribution < 1.29 is 19.0 Å². The lowest BCUT2D eigenvalue weighted by Gasteiger charge is -2.12. The Bertz CT molecular complexity index is 1330. The second kappa shape index (κ2) is 8.46. The molecule has 9 nitrogen and oxygen atoms in total. The van der Waals surface area contributed by atoms with Gasteiger partial charge in [0.1, 0.15) is 5.84 Å². The van der Waals surface area contributed by atoms with Crippen LogP contribution in [0.4, 0.5) is 10.5 Å². The summed E-state index contributed by atoms with van der Waals surface area (Å²) in [6, 6.07) is 9.09. The number of nitrogens with zero attached hydrogens (tertiary/aromatic N) is 3. The van der Waals surface area contributed by atoms with Crippen molar-refractivity contribution in [2.45, 2.75) is 0 Å². The van der Waals surface area contributed by atoms with Crippen LogP contribution in [-0.2, 0) is 14.1 Å². The van der Waals surface area contributed by atoms with E-state index in [9.17, 15) is 9.59 Å². The largest absolute Gasteiger partial charge is 0.493 e. The number of fused-ring (bicyclic) bond motifs is 1. The average Bonchev–Trinajstić information content (AvgIpc) is 3.24. The minimum Gasteiger partial charge on any atom is -0.493 e. The highest BCUT2D eigenvalue weighted by Gasteiger charge is 2.24. The molecule has 0 unspecified atom stereocenters. The van der Waals surface area contributed by atoms with Gasteiger partial charge in [-0.1, -0.05) is 6.07 Å². The molecule has 2 aromatic carbocycles. The molecule has 10 heteroatoms. The van der Waals surface area contributed by atoms with Crippen LogP contribution in [0.2, 0.25) is 0 Å². The molecule has 3 aromatic rings. The van der Waals surface area contributed by atoms with Crippen LogP contribution in [0.25, 0.3) is 17.1 Å². The van der Waals surface area contributed by atoms with E-state index in [2.05, 4.69) is 10.3 Å². The maximum atomic E-state index is 12.2. The number of hydrogen-bond acceptors (Lipinski definition) is 7. The smallest absolute Gasteiger partial charge is 0.328 e. The first-order valence-electron chi connectivity index (χ1n) is 9.61. The van der Waals surface area contributed by atoms with Crippen LogP contribution >= 0.6 is 11.8 Å². The maximum Gasteiger partial charge on any atom is 0.328 e. The molecule has 1 aliphatic rings. The maximum absolute atomic E-state index is 12.2. The first kappa shape index (κ1) is 21.6. The van der Waals surface area contributed by atoms with E-state index in [4.69, 9.17) is 14.2 Å². The normalized spacial score (nSPS) is 16.1. The average molecular weight is 455 g/mol.